The number of rotatable bonds is 13. The van der Waals surface area contributed by atoms with Crippen molar-refractivity contribution in [1.82, 2.24) is 5.32 Å². The van der Waals surface area contributed by atoms with Crippen LogP contribution in [0.1, 0.15) is 59.8 Å². The summed E-state index contributed by atoms with van der Waals surface area (Å²) in [7, 11) is 0. The first-order valence-corrected chi connectivity index (χ1v) is 9.38. The monoisotopic (exact) mass is 367 g/mol. The van der Waals surface area contributed by atoms with Gasteiger partial charge in [0.15, 0.2) is 0 Å². The molecule has 6 nitrogen and oxygen atoms in total. The summed E-state index contributed by atoms with van der Waals surface area (Å²) < 4.78 is 5.11. The lowest BCUT2D eigenvalue weighted by atomic mass is 9.82. The summed E-state index contributed by atoms with van der Waals surface area (Å²) in [6, 6.07) is -0.513. The number of ketones is 1. The van der Waals surface area contributed by atoms with Crippen LogP contribution in [0.25, 0.3) is 0 Å². The number of nitrogens with one attached hydrogen (secondary N) is 1. The number of Topliss-reactive ketones (excluding diaryl/α,β-unsaturated/α-hetero) is 1. The molecule has 0 aromatic rings. The van der Waals surface area contributed by atoms with Crippen LogP contribution >= 0.6 is 0 Å². The Morgan fingerprint density at radius 3 is 2.42 bits per heavy atom. The van der Waals surface area contributed by atoms with Gasteiger partial charge in [-0.1, -0.05) is 47.1 Å². The number of carbonyl (C=O) groups is 2. The summed E-state index contributed by atoms with van der Waals surface area (Å²) in [5.41, 5.74) is 14.6. The Balaban J connectivity index is 4.69. The van der Waals surface area contributed by atoms with Crippen molar-refractivity contribution in [2.45, 2.75) is 65.8 Å². The first kappa shape index (κ1) is 24.5. The van der Waals surface area contributed by atoms with Crippen LogP contribution < -0.4 is 16.8 Å². The van der Waals surface area contributed by atoms with Crippen LogP contribution in [0.4, 0.5) is 0 Å². The Labute approximate surface area is 158 Å². The third kappa shape index (κ3) is 9.88. The van der Waals surface area contributed by atoms with E-state index in [4.69, 9.17) is 16.2 Å². The highest BCUT2D eigenvalue weighted by Gasteiger charge is 2.28. The molecular formula is C20H37N3O3. The molecule has 6 heteroatoms. The van der Waals surface area contributed by atoms with E-state index in [1.54, 1.807) is 0 Å². The third-order valence-corrected chi connectivity index (χ3v) is 4.42. The Morgan fingerprint density at radius 1 is 1.27 bits per heavy atom. The van der Waals surface area contributed by atoms with Crippen molar-refractivity contribution < 1.29 is 14.3 Å². The molecule has 0 fully saturated rings. The molecule has 0 bridgehead atoms. The summed E-state index contributed by atoms with van der Waals surface area (Å²) in [6.45, 7) is 12.2. The zero-order chi connectivity index (χ0) is 20.2. The number of hydrogen-bond donors (Lipinski definition) is 3. The highest BCUT2D eigenvalue weighted by Crippen LogP contribution is 2.22. The molecule has 0 aromatic carbocycles. The van der Waals surface area contributed by atoms with E-state index in [1.807, 2.05) is 20.8 Å². The van der Waals surface area contributed by atoms with Crippen molar-refractivity contribution in [1.29, 1.82) is 0 Å². The van der Waals surface area contributed by atoms with Crippen LogP contribution in [-0.2, 0) is 14.3 Å². The first-order valence-electron chi connectivity index (χ1n) is 9.38. The molecule has 0 aromatic heterocycles. The fourth-order valence-corrected chi connectivity index (χ4v) is 2.50. The highest BCUT2D eigenvalue weighted by atomic mass is 16.5. The molecule has 0 spiro atoms. The van der Waals surface area contributed by atoms with Gasteiger partial charge in [0.25, 0.3) is 0 Å². The molecule has 5 N–H and O–H groups in total. The van der Waals surface area contributed by atoms with Gasteiger partial charge >= 0.3 is 0 Å². The van der Waals surface area contributed by atoms with Gasteiger partial charge in [-0.15, -0.1) is 5.73 Å². The lowest BCUT2D eigenvalue weighted by molar-refractivity contribution is -0.126. The molecule has 2 atom stereocenters. The maximum Gasteiger partial charge on any atom is 0.223 e. The fraction of sp³-hybridized carbons (Fsp3) is 0.750. The maximum atomic E-state index is 12.5. The van der Waals surface area contributed by atoms with E-state index < -0.39 is 6.04 Å². The van der Waals surface area contributed by atoms with Crippen molar-refractivity contribution in [3.05, 3.63) is 17.9 Å². The van der Waals surface area contributed by atoms with Gasteiger partial charge in [-0.3, -0.25) is 9.59 Å². The average molecular weight is 368 g/mol. The van der Waals surface area contributed by atoms with E-state index in [-0.39, 0.29) is 29.8 Å². The van der Waals surface area contributed by atoms with Crippen LogP contribution in [0.5, 0.6) is 0 Å². The van der Waals surface area contributed by atoms with Gasteiger partial charge in [0.1, 0.15) is 5.78 Å². The topological polar surface area (TPSA) is 107 Å². The highest BCUT2D eigenvalue weighted by molar-refractivity contribution is 5.85. The predicted octanol–water partition coefficient (Wildman–Crippen LogP) is 2.28. The zero-order valence-electron chi connectivity index (χ0n) is 16.9. The third-order valence-electron chi connectivity index (χ3n) is 4.42. The average Bonchev–Trinajstić information content (AvgIpc) is 2.60. The van der Waals surface area contributed by atoms with Gasteiger partial charge in [-0.05, 0) is 18.3 Å². The number of carbonyl (C=O) groups excluding carboxylic acids is 2. The van der Waals surface area contributed by atoms with E-state index in [2.05, 4.69) is 24.6 Å². The van der Waals surface area contributed by atoms with Crippen molar-refractivity contribution in [3.63, 3.8) is 0 Å². The van der Waals surface area contributed by atoms with Crippen molar-refractivity contribution in [3.8, 4) is 0 Å². The fourth-order valence-electron chi connectivity index (χ4n) is 2.50. The van der Waals surface area contributed by atoms with E-state index in [9.17, 15) is 9.59 Å². The Bertz CT molecular complexity index is 491. The molecular weight excluding hydrogens is 330 g/mol. The first-order chi connectivity index (χ1) is 12.2. The summed E-state index contributed by atoms with van der Waals surface area (Å²) in [5, 5.41) is 2.89. The second kappa shape index (κ2) is 12.8. The summed E-state index contributed by atoms with van der Waals surface area (Å²) in [5.74, 6) is -0.251. The Hall–Kier alpha value is -1.46. The second-order valence-corrected chi connectivity index (χ2v) is 7.70. The molecule has 0 aliphatic heterocycles. The lowest BCUT2D eigenvalue weighted by Crippen LogP contribution is -2.42. The number of unbranched alkanes of at least 4 members (excludes halogenated alkanes) is 1. The van der Waals surface area contributed by atoms with E-state index in [1.165, 1.54) is 0 Å². The largest absolute Gasteiger partial charge is 0.361 e. The molecule has 1 amide bonds. The minimum Gasteiger partial charge on any atom is -0.361 e. The number of ether oxygens (including phenoxy) is 1. The number of hydrogen-bond acceptors (Lipinski definition) is 5. The van der Waals surface area contributed by atoms with Gasteiger partial charge < -0.3 is 21.5 Å². The molecule has 0 heterocycles. The predicted molar refractivity (Wildman–Crippen MR) is 105 cm³/mol. The quantitative estimate of drug-likeness (QED) is 0.342. The van der Waals surface area contributed by atoms with Gasteiger partial charge in [-0.25, -0.2) is 0 Å². The van der Waals surface area contributed by atoms with Crippen molar-refractivity contribution in [2.75, 3.05) is 19.9 Å². The van der Waals surface area contributed by atoms with Gasteiger partial charge in [0.2, 0.25) is 5.91 Å². The molecule has 26 heavy (non-hydrogen) atoms. The molecule has 0 unspecified atom stereocenters. The summed E-state index contributed by atoms with van der Waals surface area (Å²) in [6.07, 6.45) is 3.54. The molecule has 0 aliphatic carbocycles. The van der Waals surface area contributed by atoms with Crippen molar-refractivity contribution in [2.24, 2.45) is 22.8 Å². The lowest BCUT2D eigenvalue weighted by Gasteiger charge is -2.26. The normalized spacial score (nSPS) is 13.6. The minimum atomic E-state index is -0.513. The Kier molecular flexibility index (Phi) is 12.1. The van der Waals surface area contributed by atoms with Gasteiger partial charge in [-0.2, -0.15) is 0 Å². The molecule has 0 saturated carbocycles. The SMILES string of the molecule is C=C=C(CNC(=O)[C@H](CCCC)CCC(=O)[C@@H](N)C(C)(C)C)COCN. The van der Waals surface area contributed by atoms with Crippen LogP contribution in [0.3, 0.4) is 0 Å². The standard InChI is InChI=1S/C20H37N3O3/c1-6-8-9-16(10-11-17(24)18(22)20(3,4)5)19(25)23-12-15(7-2)13-26-14-21/h16,18H,2,6,8-14,21-22H2,1,3-5H3,(H,23,25)/t16-,18-/m1/s1. The van der Waals surface area contributed by atoms with Crippen LogP contribution in [-0.4, -0.2) is 37.6 Å². The van der Waals surface area contributed by atoms with E-state index in [0.717, 1.165) is 24.8 Å². The number of nitrogens with two attached hydrogens (primary N) is 2. The van der Waals surface area contributed by atoms with Crippen LogP contribution in [0.2, 0.25) is 0 Å². The zero-order valence-corrected chi connectivity index (χ0v) is 16.9. The second-order valence-electron chi connectivity index (χ2n) is 7.70. The minimum absolute atomic E-state index is 0.00909. The summed E-state index contributed by atoms with van der Waals surface area (Å²) in [4.78, 5) is 24.9. The van der Waals surface area contributed by atoms with Gasteiger partial charge in [0.05, 0.1) is 19.4 Å². The van der Waals surface area contributed by atoms with E-state index >= 15 is 0 Å². The molecule has 0 aliphatic rings. The molecule has 0 saturated heterocycles. The van der Waals surface area contributed by atoms with Gasteiger partial charge in [0, 0.05) is 24.5 Å². The van der Waals surface area contributed by atoms with Crippen LogP contribution in [0, 0.1) is 11.3 Å². The smallest absolute Gasteiger partial charge is 0.223 e. The number of amides is 1. The summed E-state index contributed by atoms with van der Waals surface area (Å²) >= 11 is 0. The Morgan fingerprint density at radius 2 is 1.92 bits per heavy atom. The molecule has 0 rings (SSSR count). The molecule has 150 valence electrons. The van der Waals surface area contributed by atoms with Crippen LogP contribution in [0.15, 0.2) is 17.9 Å². The van der Waals surface area contributed by atoms with E-state index in [0.29, 0.717) is 26.0 Å². The maximum absolute atomic E-state index is 12.5. The van der Waals surface area contributed by atoms with Crippen molar-refractivity contribution >= 4 is 11.7 Å². The molecule has 0 radical (unpaired) electrons.